The van der Waals surface area contributed by atoms with Crippen molar-refractivity contribution in [2.24, 2.45) is 0 Å². The molecule has 0 saturated heterocycles. The van der Waals surface area contributed by atoms with Crippen LogP contribution in [0.15, 0.2) is 41.9 Å². The summed E-state index contributed by atoms with van der Waals surface area (Å²) >= 11 is 6.00. The molecular weight excluding hydrogens is 507 g/mol. The molecule has 1 atom stereocenters. The minimum atomic E-state index is -3.53. The van der Waals surface area contributed by atoms with Crippen molar-refractivity contribution in [2.45, 2.75) is 32.3 Å². The van der Waals surface area contributed by atoms with Crippen LogP contribution in [-0.4, -0.2) is 46.8 Å². The van der Waals surface area contributed by atoms with Gasteiger partial charge in [-0.05, 0) is 37.1 Å². The number of nitrogens with two attached hydrogens (primary N) is 1. The van der Waals surface area contributed by atoms with Gasteiger partial charge in [-0.3, -0.25) is 9.20 Å². The minimum Gasteiger partial charge on any atom is -0.382 e. The Balaban J connectivity index is 2.06. The van der Waals surface area contributed by atoms with Crippen LogP contribution < -0.4 is 11.1 Å². The second-order valence-electron chi connectivity index (χ2n) is 7.48. The lowest BCUT2D eigenvalue weighted by molar-refractivity contribution is -0.329. The lowest BCUT2D eigenvalue weighted by Gasteiger charge is -2.14. The number of carbonyl (C=O) groups is 1. The number of carbonyl (C=O) groups excluding carboxylic acids is 1. The van der Waals surface area contributed by atoms with Crippen molar-refractivity contribution < 1.29 is 38.4 Å². The average molecular weight is 528 g/mol. The highest BCUT2D eigenvalue weighted by Gasteiger charge is 2.33. The Labute approximate surface area is 206 Å². The molecule has 0 radical (unpaired) electrons. The van der Waals surface area contributed by atoms with Gasteiger partial charge in [0.25, 0.3) is 5.91 Å². The molecule has 0 aliphatic rings. The third-order valence-electron chi connectivity index (χ3n) is 5.10. The van der Waals surface area contributed by atoms with Crippen LogP contribution in [0.4, 0.5) is 24.7 Å². The molecular formula is C22H21ClF3N5O5. The molecule has 14 heteroatoms. The number of benzene rings is 1. The van der Waals surface area contributed by atoms with Crippen LogP contribution in [0.1, 0.15) is 26.1 Å². The normalized spacial score (nSPS) is 13.8. The molecule has 1 unspecified atom stereocenters. The van der Waals surface area contributed by atoms with Crippen molar-refractivity contribution >= 4 is 34.5 Å². The predicted molar refractivity (Wildman–Crippen MR) is 124 cm³/mol. The van der Waals surface area contributed by atoms with E-state index in [1.807, 2.05) is 5.32 Å². The molecule has 0 aliphatic heterocycles. The monoisotopic (exact) mass is 527 g/mol. The van der Waals surface area contributed by atoms with Gasteiger partial charge in [-0.25, -0.2) is 23.1 Å². The standard InChI is InChI=1S/C22H21ClF3N5O5/c1-3-9(7-10(24)4-2)18(32)20(33)29-12-6-5-11(14(25)15(12)26)16-17-19(27)28-8-13(23)31(17)21(30-16)22(34,35)36/h3,5-8,18,32,34-36H,4H2,1-2H3,(H2,27,28)(H,29,33)/b9-3+,10-7+. The number of halogens is 4. The van der Waals surface area contributed by atoms with E-state index in [0.29, 0.717) is 0 Å². The maximum Gasteiger partial charge on any atom is 0.339 e. The number of nitrogen functional groups attached to an aromatic ring is 1. The molecule has 3 rings (SSSR count). The predicted octanol–water partition coefficient (Wildman–Crippen LogP) is 2.51. The van der Waals surface area contributed by atoms with Crippen molar-refractivity contribution in [1.29, 1.82) is 0 Å². The van der Waals surface area contributed by atoms with Crippen LogP contribution in [0, 0.1) is 11.6 Å². The first kappa shape index (κ1) is 27.1. The van der Waals surface area contributed by atoms with Gasteiger partial charge in [0.15, 0.2) is 17.7 Å². The summed E-state index contributed by atoms with van der Waals surface area (Å²) in [5.41, 5.74) is 3.77. The van der Waals surface area contributed by atoms with E-state index in [0.717, 1.165) is 28.8 Å². The van der Waals surface area contributed by atoms with Crippen LogP contribution in [0.25, 0.3) is 16.8 Å². The van der Waals surface area contributed by atoms with E-state index in [-0.39, 0.29) is 28.5 Å². The number of aromatic nitrogens is 3. The molecule has 36 heavy (non-hydrogen) atoms. The molecule has 3 aromatic rings. The largest absolute Gasteiger partial charge is 0.382 e. The number of fused-ring (bicyclic) bond motifs is 1. The van der Waals surface area contributed by atoms with Gasteiger partial charge in [0.05, 0.1) is 11.9 Å². The molecule has 2 heterocycles. The van der Waals surface area contributed by atoms with E-state index in [2.05, 4.69) is 9.97 Å². The molecule has 0 bridgehead atoms. The number of anilines is 2. The van der Waals surface area contributed by atoms with Gasteiger partial charge in [0.2, 0.25) is 5.82 Å². The molecule has 0 spiro atoms. The molecule has 0 fully saturated rings. The SMILES string of the molecule is C/C=C(\C=C(\F)CC)C(O)C(=O)Nc1ccc(-c2nc(C(O)(O)O)n3c(Cl)cnc(N)c23)c(F)c1F. The first-order valence-corrected chi connectivity index (χ1v) is 10.7. The van der Waals surface area contributed by atoms with Crippen LogP contribution in [-0.2, 0) is 10.8 Å². The Morgan fingerprint density at radius 3 is 2.56 bits per heavy atom. The van der Waals surface area contributed by atoms with Crippen molar-refractivity contribution in [3.8, 4) is 11.3 Å². The molecule has 192 valence electrons. The summed E-state index contributed by atoms with van der Waals surface area (Å²) in [6.45, 7) is 2.98. The van der Waals surface area contributed by atoms with E-state index >= 15 is 4.39 Å². The summed E-state index contributed by atoms with van der Waals surface area (Å²) in [6, 6.07) is 1.92. The van der Waals surface area contributed by atoms with Gasteiger partial charge in [0.1, 0.15) is 28.0 Å². The number of aliphatic hydroxyl groups is 4. The Morgan fingerprint density at radius 2 is 1.97 bits per heavy atom. The molecule has 10 nitrogen and oxygen atoms in total. The summed E-state index contributed by atoms with van der Waals surface area (Å²) < 4.78 is 44.4. The highest BCUT2D eigenvalue weighted by molar-refractivity contribution is 6.30. The number of amides is 1. The highest BCUT2D eigenvalue weighted by Crippen LogP contribution is 2.36. The van der Waals surface area contributed by atoms with Gasteiger partial charge in [-0.1, -0.05) is 24.6 Å². The lowest BCUT2D eigenvalue weighted by Crippen LogP contribution is -2.29. The Bertz CT molecular complexity index is 1400. The van der Waals surface area contributed by atoms with Gasteiger partial charge in [-0.2, -0.15) is 0 Å². The van der Waals surface area contributed by atoms with Gasteiger partial charge in [-0.15, -0.1) is 0 Å². The van der Waals surface area contributed by atoms with E-state index in [4.69, 9.17) is 17.3 Å². The van der Waals surface area contributed by atoms with Crippen LogP contribution in [0.2, 0.25) is 5.15 Å². The number of imidazole rings is 1. The Hall–Kier alpha value is -3.49. The number of hydrogen-bond acceptors (Lipinski definition) is 8. The maximum atomic E-state index is 15.1. The summed E-state index contributed by atoms with van der Waals surface area (Å²) in [7, 11) is 0. The highest BCUT2D eigenvalue weighted by atomic mass is 35.5. The number of aliphatic hydroxyl groups excluding tert-OH is 1. The third kappa shape index (κ3) is 5.05. The van der Waals surface area contributed by atoms with E-state index in [9.17, 15) is 34.0 Å². The molecule has 7 N–H and O–H groups in total. The van der Waals surface area contributed by atoms with Crippen LogP contribution in [0.3, 0.4) is 0 Å². The summed E-state index contributed by atoms with van der Waals surface area (Å²) in [5, 5.41) is 40.9. The molecule has 2 aromatic heterocycles. The fraction of sp³-hybridized carbons (Fsp3) is 0.227. The summed E-state index contributed by atoms with van der Waals surface area (Å²) in [5.74, 6) is -9.60. The zero-order valence-corrected chi connectivity index (χ0v) is 19.6. The fourth-order valence-corrected chi connectivity index (χ4v) is 3.52. The Morgan fingerprint density at radius 1 is 1.31 bits per heavy atom. The summed E-state index contributed by atoms with van der Waals surface area (Å²) in [4.78, 5) is 19.9. The van der Waals surface area contributed by atoms with Gasteiger partial charge in [0, 0.05) is 5.56 Å². The number of allylic oxidation sites excluding steroid dienone is 2. The third-order valence-corrected chi connectivity index (χ3v) is 5.36. The van der Waals surface area contributed by atoms with E-state index in [1.165, 1.54) is 19.9 Å². The van der Waals surface area contributed by atoms with Crippen molar-refractivity contribution in [3.05, 3.63) is 64.5 Å². The second-order valence-corrected chi connectivity index (χ2v) is 7.87. The van der Waals surface area contributed by atoms with Crippen LogP contribution in [0.5, 0.6) is 0 Å². The van der Waals surface area contributed by atoms with E-state index in [1.54, 1.807) is 0 Å². The topological polar surface area (TPSA) is 166 Å². The number of nitrogens with one attached hydrogen (secondary N) is 1. The zero-order valence-electron chi connectivity index (χ0n) is 18.8. The number of hydrogen-bond donors (Lipinski definition) is 6. The van der Waals surface area contributed by atoms with E-state index < -0.39 is 58.2 Å². The minimum absolute atomic E-state index is 0.0205. The number of rotatable bonds is 7. The maximum absolute atomic E-state index is 15.1. The van der Waals surface area contributed by atoms with Crippen LogP contribution >= 0.6 is 11.6 Å². The van der Waals surface area contributed by atoms with Crippen molar-refractivity contribution in [3.63, 3.8) is 0 Å². The molecule has 1 amide bonds. The number of nitrogens with zero attached hydrogens (tertiary/aromatic N) is 3. The fourth-order valence-electron chi connectivity index (χ4n) is 3.30. The quantitative estimate of drug-likeness (QED) is 0.201. The second kappa shape index (κ2) is 10.2. The van der Waals surface area contributed by atoms with Gasteiger partial charge >= 0.3 is 5.97 Å². The Kier molecular flexibility index (Phi) is 7.71. The van der Waals surface area contributed by atoms with Crippen molar-refractivity contribution in [2.75, 3.05) is 11.1 Å². The lowest BCUT2D eigenvalue weighted by atomic mass is 10.1. The van der Waals surface area contributed by atoms with Crippen molar-refractivity contribution in [1.82, 2.24) is 14.4 Å². The first-order valence-electron chi connectivity index (χ1n) is 10.3. The molecule has 0 aliphatic carbocycles. The molecule has 1 aromatic carbocycles. The average Bonchev–Trinajstić information content (AvgIpc) is 3.24. The molecule has 0 saturated carbocycles. The van der Waals surface area contributed by atoms with Gasteiger partial charge < -0.3 is 31.5 Å². The smallest absolute Gasteiger partial charge is 0.339 e. The first-order chi connectivity index (χ1) is 16.8. The zero-order chi connectivity index (χ0) is 26.9. The summed E-state index contributed by atoms with van der Waals surface area (Å²) in [6.07, 6.45) is 1.39.